The van der Waals surface area contributed by atoms with Crippen LogP contribution >= 0.6 is 0 Å². The van der Waals surface area contributed by atoms with Crippen LogP contribution in [-0.2, 0) is 0 Å². The second-order valence-electron chi connectivity index (χ2n) is 4.94. The standard InChI is InChI=1S/C12H23NO/c1-2-3-8-13(10-4-5-10)11-6-7-12(14)9-11/h10-12,14H,2-9H2,1H3. The van der Waals surface area contributed by atoms with Gasteiger partial charge in [-0.05, 0) is 45.1 Å². The molecule has 2 unspecified atom stereocenters. The summed E-state index contributed by atoms with van der Waals surface area (Å²) in [6.07, 6.45) is 8.68. The Balaban J connectivity index is 1.83. The SMILES string of the molecule is CCCCN(C1CC1)C1CCC(O)C1. The van der Waals surface area contributed by atoms with Gasteiger partial charge in [0.25, 0.3) is 0 Å². The van der Waals surface area contributed by atoms with Crippen LogP contribution in [0.15, 0.2) is 0 Å². The molecule has 0 spiro atoms. The maximum atomic E-state index is 9.55. The predicted molar refractivity (Wildman–Crippen MR) is 58.3 cm³/mol. The molecule has 0 heterocycles. The van der Waals surface area contributed by atoms with Gasteiger partial charge in [0.1, 0.15) is 0 Å². The van der Waals surface area contributed by atoms with Crippen molar-refractivity contribution in [1.29, 1.82) is 0 Å². The van der Waals surface area contributed by atoms with Gasteiger partial charge in [0.2, 0.25) is 0 Å². The van der Waals surface area contributed by atoms with E-state index < -0.39 is 0 Å². The minimum absolute atomic E-state index is 0.0112. The smallest absolute Gasteiger partial charge is 0.0555 e. The van der Waals surface area contributed by atoms with E-state index in [4.69, 9.17) is 0 Å². The van der Waals surface area contributed by atoms with Crippen molar-refractivity contribution in [2.75, 3.05) is 6.54 Å². The highest BCUT2D eigenvalue weighted by Gasteiger charge is 2.36. The summed E-state index contributed by atoms with van der Waals surface area (Å²) in [6, 6.07) is 1.57. The summed E-state index contributed by atoms with van der Waals surface area (Å²) in [5.41, 5.74) is 0. The number of rotatable bonds is 5. The van der Waals surface area contributed by atoms with Crippen molar-refractivity contribution < 1.29 is 5.11 Å². The third kappa shape index (κ3) is 2.48. The van der Waals surface area contributed by atoms with Gasteiger partial charge in [0.05, 0.1) is 6.10 Å². The van der Waals surface area contributed by atoms with Gasteiger partial charge in [0.15, 0.2) is 0 Å². The van der Waals surface area contributed by atoms with Crippen molar-refractivity contribution in [2.45, 2.75) is 70.1 Å². The van der Waals surface area contributed by atoms with Gasteiger partial charge in [-0.3, -0.25) is 4.90 Å². The highest BCUT2D eigenvalue weighted by atomic mass is 16.3. The molecule has 0 aromatic rings. The van der Waals surface area contributed by atoms with Gasteiger partial charge < -0.3 is 5.11 Å². The van der Waals surface area contributed by atoms with E-state index in [2.05, 4.69) is 11.8 Å². The van der Waals surface area contributed by atoms with E-state index in [9.17, 15) is 5.11 Å². The lowest BCUT2D eigenvalue weighted by atomic mass is 10.2. The number of hydrogen-bond donors (Lipinski definition) is 1. The van der Waals surface area contributed by atoms with Crippen LogP contribution in [0.3, 0.4) is 0 Å². The second-order valence-corrected chi connectivity index (χ2v) is 4.94. The molecule has 0 bridgehead atoms. The number of unbranched alkanes of at least 4 members (excludes halogenated alkanes) is 1. The molecule has 2 heteroatoms. The molecular formula is C12H23NO. The highest BCUT2D eigenvalue weighted by Crippen LogP contribution is 2.34. The molecular weight excluding hydrogens is 174 g/mol. The normalized spacial score (nSPS) is 32.8. The molecule has 2 rings (SSSR count). The number of aliphatic hydroxyl groups excluding tert-OH is 1. The van der Waals surface area contributed by atoms with Crippen molar-refractivity contribution in [3.63, 3.8) is 0 Å². The van der Waals surface area contributed by atoms with Crippen LogP contribution in [0.1, 0.15) is 51.9 Å². The molecule has 2 atom stereocenters. The molecule has 0 aromatic carbocycles. The zero-order valence-electron chi connectivity index (χ0n) is 9.28. The van der Waals surface area contributed by atoms with Crippen molar-refractivity contribution in [3.05, 3.63) is 0 Å². The molecule has 0 aromatic heterocycles. The molecule has 2 fully saturated rings. The summed E-state index contributed by atoms with van der Waals surface area (Å²) in [4.78, 5) is 2.68. The Hall–Kier alpha value is -0.0800. The lowest BCUT2D eigenvalue weighted by molar-refractivity contribution is 0.145. The fraction of sp³-hybridized carbons (Fsp3) is 1.00. The van der Waals surface area contributed by atoms with Gasteiger partial charge in [-0.1, -0.05) is 13.3 Å². The minimum atomic E-state index is -0.0112. The first kappa shape index (κ1) is 10.4. The van der Waals surface area contributed by atoms with Gasteiger partial charge in [-0.2, -0.15) is 0 Å². The van der Waals surface area contributed by atoms with Crippen LogP contribution in [0.5, 0.6) is 0 Å². The zero-order valence-corrected chi connectivity index (χ0v) is 9.28. The van der Waals surface area contributed by atoms with E-state index in [1.165, 1.54) is 38.6 Å². The summed E-state index contributed by atoms with van der Waals surface area (Å²) in [5.74, 6) is 0. The third-order valence-corrected chi connectivity index (χ3v) is 3.63. The van der Waals surface area contributed by atoms with Gasteiger partial charge in [-0.25, -0.2) is 0 Å². The Morgan fingerprint density at radius 3 is 2.36 bits per heavy atom. The molecule has 82 valence electrons. The van der Waals surface area contributed by atoms with Crippen molar-refractivity contribution in [2.24, 2.45) is 0 Å². The maximum absolute atomic E-state index is 9.55. The summed E-state index contributed by atoms with van der Waals surface area (Å²) in [5, 5.41) is 9.55. The molecule has 0 radical (unpaired) electrons. The molecule has 2 nitrogen and oxygen atoms in total. The van der Waals surface area contributed by atoms with Gasteiger partial charge >= 0.3 is 0 Å². The van der Waals surface area contributed by atoms with Gasteiger partial charge in [-0.15, -0.1) is 0 Å². The number of aliphatic hydroxyl groups is 1. The Morgan fingerprint density at radius 1 is 1.14 bits per heavy atom. The van der Waals surface area contributed by atoms with Crippen LogP contribution in [-0.4, -0.2) is 34.7 Å². The lowest BCUT2D eigenvalue weighted by Gasteiger charge is -2.28. The molecule has 1 N–H and O–H groups in total. The largest absolute Gasteiger partial charge is 0.393 e. The van der Waals surface area contributed by atoms with E-state index in [0.717, 1.165) is 18.9 Å². The number of nitrogens with zero attached hydrogens (tertiary/aromatic N) is 1. The predicted octanol–water partition coefficient (Wildman–Crippen LogP) is 2.16. The third-order valence-electron chi connectivity index (χ3n) is 3.63. The second kappa shape index (κ2) is 4.63. The fourth-order valence-corrected chi connectivity index (χ4v) is 2.65. The van der Waals surface area contributed by atoms with Crippen LogP contribution in [0.4, 0.5) is 0 Å². The molecule has 0 aliphatic heterocycles. The summed E-state index contributed by atoms with van der Waals surface area (Å²) in [7, 11) is 0. The average molecular weight is 197 g/mol. The Labute approximate surface area is 87.3 Å². The van der Waals surface area contributed by atoms with Crippen LogP contribution < -0.4 is 0 Å². The van der Waals surface area contributed by atoms with Crippen LogP contribution in [0, 0.1) is 0 Å². The van der Waals surface area contributed by atoms with Crippen molar-refractivity contribution in [3.8, 4) is 0 Å². The van der Waals surface area contributed by atoms with E-state index in [1.807, 2.05) is 0 Å². The average Bonchev–Trinajstić information content (AvgIpc) is 2.91. The quantitative estimate of drug-likeness (QED) is 0.730. The molecule has 2 saturated carbocycles. The lowest BCUT2D eigenvalue weighted by Crippen LogP contribution is -2.36. The van der Waals surface area contributed by atoms with Gasteiger partial charge in [0, 0.05) is 12.1 Å². The Bertz CT molecular complexity index is 179. The van der Waals surface area contributed by atoms with Crippen LogP contribution in [0.2, 0.25) is 0 Å². The first-order valence-electron chi connectivity index (χ1n) is 6.25. The van der Waals surface area contributed by atoms with E-state index >= 15 is 0 Å². The maximum Gasteiger partial charge on any atom is 0.0555 e. The Morgan fingerprint density at radius 2 is 1.86 bits per heavy atom. The van der Waals surface area contributed by atoms with E-state index in [0.29, 0.717) is 6.04 Å². The van der Waals surface area contributed by atoms with Crippen molar-refractivity contribution >= 4 is 0 Å². The topological polar surface area (TPSA) is 23.5 Å². The highest BCUT2D eigenvalue weighted by molar-refractivity contribution is 4.92. The zero-order chi connectivity index (χ0) is 9.97. The van der Waals surface area contributed by atoms with Crippen LogP contribution in [0.25, 0.3) is 0 Å². The fourth-order valence-electron chi connectivity index (χ4n) is 2.65. The molecule has 14 heavy (non-hydrogen) atoms. The summed E-state index contributed by atoms with van der Waals surface area (Å²) < 4.78 is 0. The Kier molecular flexibility index (Phi) is 3.45. The first-order valence-corrected chi connectivity index (χ1v) is 6.25. The molecule has 0 saturated heterocycles. The summed E-state index contributed by atoms with van der Waals surface area (Å²) >= 11 is 0. The first-order chi connectivity index (χ1) is 6.81. The van der Waals surface area contributed by atoms with E-state index in [-0.39, 0.29) is 6.10 Å². The minimum Gasteiger partial charge on any atom is -0.393 e. The summed E-state index contributed by atoms with van der Waals surface area (Å²) in [6.45, 7) is 3.52. The number of hydrogen-bond acceptors (Lipinski definition) is 2. The molecule has 0 amide bonds. The molecule has 2 aliphatic carbocycles. The monoisotopic (exact) mass is 197 g/mol. The van der Waals surface area contributed by atoms with Crippen molar-refractivity contribution in [1.82, 2.24) is 4.90 Å². The molecule has 2 aliphatic rings. The van der Waals surface area contributed by atoms with E-state index in [1.54, 1.807) is 0 Å².